The second-order valence-corrected chi connectivity index (χ2v) is 14.5. The van der Waals surface area contributed by atoms with Gasteiger partial charge in [0.2, 0.25) is 0 Å². The molecule has 0 rings (SSSR count). The van der Waals surface area contributed by atoms with Crippen LogP contribution in [0.2, 0.25) is 0 Å². The summed E-state index contributed by atoms with van der Waals surface area (Å²) in [7, 11) is 0. The van der Waals surface area contributed by atoms with E-state index in [-0.39, 0.29) is 31.6 Å². The molecule has 6 heteroatoms. The Morgan fingerprint density at radius 2 is 0.724 bits per heavy atom. The molecule has 58 heavy (non-hydrogen) atoms. The van der Waals surface area contributed by atoms with Crippen LogP contribution in [-0.2, 0) is 28.6 Å². The molecule has 0 aromatic carbocycles. The number of hydrogen-bond acceptors (Lipinski definition) is 6. The minimum Gasteiger partial charge on any atom is -0.462 e. The van der Waals surface area contributed by atoms with Crippen LogP contribution in [-0.4, -0.2) is 37.2 Å². The highest BCUT2D eigenvalue weighted by Gasteiger charge is 2.19. The third kappa shape index (κ3) is 42.9. The highest BCUT2D eigenvalue weighted by molar-refractivity contribution is 5.71. The van der Waals surface area contributed by atoms with E-state index in [4.69, 9.17) is 14.2 Å². The van der Waals surface area contributed by atoms with Gasteiger partial charge in [-0.05, 0) is 51.4 Å². The summed E-state index contributed by atoms with van der Waals surface area (Å²) >= 11 is 0. The Kier molecular flexibility index (Phi) is 42.2. The van der Waals surface area contributed by atoms with Crippen molar-refractivity contribution >= 4 is 17.9 Å². The lowest BCUT2D eigenvalue weighted by molar-refractivity contribution is -0.167. The SMILES string of the molecule is CC\C=C/C=C\C=C/C=C\C=C/CCCC(=O)OC(COC(=O)CCCCCCC\C=C/C=C\C=C/C=C\C=C/CCC)COC(=O)CCCCCCCCCCC. The van der Waals surface area contributed by atoms with Crippen molar-refractivity contribution in [2.75, 3.05) is 13.2 Å². The molecule has 0 bridgehead atoms. The van der Waals surface area contributed by atoms with Crippen molar-refractivity contribution < 1.29 is 28.6 Å². The summed E-state index contributed by atoms with van der Waals surface area (Å²) in [5.41, 5.74) is 0. The molecule has 6 nitrogen and oxygen atoms in total. The zero-order valence-corrected chi connectivity index (χ0v) is 36.8. The Labute approximate surface area is 354 Å². The van der Waals surface area contributed by atoms with Crippen LogP contribution in [0, 0.1) is 0 Å². The van der Waals surface area contributed by atoms with Gasteiger partial charge in [-0.3, -0.25) is 14.4 Å². The highest BCUT2D eigenvalue weighted by Crippen LogP contribution is 2.12. The maximum atomic E-state index is 12.7. The van der Waals surface area contributed by atoms with E-state index in [0.717, 1.165) is 77.0 Å². The zero-order chi connectivity index (χ0) is 42.3. The molecule has 0 aliphatic rings. The maximum absolute atomic E-state index is 12.7. The van der Waals surface area contributed by atoms with Crippen LogP contribution in [0.3, 0.4) is 0 Å². The van der Waals surface area contributed by atoms with E-state index in [2.05, 4.69) is 51.2 Å². The molecule has 0 saturated heterocycles. The summed E-state index contributed by atoms with van der Waals surface area (Å²) in [6, 6.07) is 0. The molecule has 0 aliphatic heterocycles. The molecule has 1 unspecified atom stereocenters. The molecule has 324 valence electrons. The quantitative estimate of drug-likeness (QED) is 0.0268. The van der Waals surface area contributed by atoms with E-state index >= 15 is 0 Å². The van der Waals surface area contributed by atoms with Gasteiger partial charge in [-0.1, -0.05) is 219 Å². The van der Waals surface area contributed by atoms with E-state index < -0.39 is 12.1 Å². The van der Waals surface area contributed by atoms with Crippen molar-refractivity contribution in [2.24, 2.45) is 0 Å². The van der Waals surface area contributed by atoms with Crippen LogP contribution in [0.1, 0.15) is 168 Å². The number of allylic oxidation sites excluding steroid dienone is 20. The number of rotatable bonds is 38. The molecule has 0 aromatic rings. The van der Waals surface area contributed by atoms with Gasteiger partial charge < -0.3 is 14.2 Å². The summed E-state index contributed by atoms with van der Waals surface area (Å²) in [6.45, 7) is 6.26. The largest absolute Gasteiger partial charge is 0.462 e. The summed E-state index contributed by atoms with van der Waals surface area (Å²) in [5.74, 6) is -1.04. The molecular weight excluding hydrogens is 721 g/mol. The van der Waals surface area contributed by atoms with Crippen molar-refractivity contribution in [2.45, 2.75) is 175 Å². The van der Waals surface area contributed by atoms with E-state index in [1.807, 2.05) is 91.1 Å². The Bertz CT molecular complexity index is 1290. The van der Waals surface area contributed by atoms with Gasteiger partial charge in [0.15, 0.2) is 6.10 Å². The molecule has 0 N–H and O–H groups in total. The van der Waals surface area contributed by atoms with E-state index in [1.165, 1.54) is 44.9 Å². The predicted molar refractivity (Wildman–Crippen MR) is 246 cm³/mol. The fraction of sp³-hybridized carbons (Fsp3) is 0.558. The van der Waals surface area contributed by atoms with Gasteiger partial charge in [-0.15, -0.1) is 0 Å². The molecule has 0 spiro atoms. The number of hydrogen-bond donors (Lipinski definition) is 0. The van der Waals surface area contributed by atoms with Crippen LogP contribution < -0.4 is 0 Å². The normalized spacial score (nSPS) is 13.2. The number of carbonyl (C=O) groups excluding carboxylic acids is 3. The van der Waals surface area contributed by atoms with Gasteiger partial charge in [0, 0.05) is 19.3 Å². The fourth-order valence-corrected chi connectivity index (χ4v) is 5.56. The lowest BCUT2D eigenvalue weighted by Gasteiger charge is -2.18. The van der Waals surface area contributed by atoms with Crippen molar-refractivity contribution in [3.05, 3.63) is 122 Å². The Morgan fingerprint density at radius 1 is 0.362 bits per heavy atom. The molecule has 0 fully saturated rings. The predicted octanol–water partition coefficient (Wildman–Crippen LogP) is 14.6. The molecular formula is C52H80O6. The van der Waals surface area contributed by atoms with Crippen molar-refractivity contribution in [3.8, 4) is 0 Å². The minimum atomic E-state index is -0.825. The first kappa shape index (κ1) is 53.8. The topological polar surface area (TPSA) is 78.9 Å². The molecule has 0 radical (unpaired) electrons. The average Bonchev–Trinajstić information content (AvgIpc) is 3.22. The van der Waals surface area contributed by atoms with Crippen molar-refractivity contribution in [3.63, 3.8) is 0 Å². The molecule has 0 amide bonds. The first-order valence-electron chi connectivity index (χ1n) is 22.7. The molecule has 0 saturated carbocycles. The number of esters is 3. The van der Waals surface area contributed by atoms with Crippen LogP contribution >= 0.6 is 0 Å². The van der Waals surface area contributed by atoms with Gasteiger partial charge >= 0.3 is 17.9 Å². The zero-order valence-electron chi connectivity index (χ0n) is 36.8. The lowest BCUT2D eigenvalue weighted by Crippen LogP contribution is -2.30. The van der Waals surface area contributed by atoms with E-state index in [1.54, 1.807) is 0 Å². The van der Waals surface area contributed by atoms with Gasteiger partial charge in [-0.25, -0.2) is 0 Å². The van der Waals surface area contributed by atoms with E-state index in [9.17, 15) is 14.4 Å². The monoisotopic (exact) mass is 801 g/mol. The highest BCUT2D eigenvalue weighted by atomic mass is 16.6. The molecule has 0 aromatic heterocycles. The van der Waals surface area contributed by atoms with Crippen LogP contribution in [0.5, 0.6) is 0 Å². The summed E-state index contributed by atoms with van der Waals surface area (Å²) < 4.78 is 16.6. The third-order valence-electron chi connectivity index (χ3n) is 8.94. The number of ether oxygens (including phenoxy) is 3. The summed E-state index contributed by atoms with van der Waals surface area (Å²) in [6.07, 6.45) is 61.8. The Hall–Kier alpha value is -4.19. The first-order chi connectivity index (χ1) is 28.5. The lowest BCUT2D eigenvalue weighted by atomic mass is 10.1. The number of unbranched alkanes of at least 4 members (excludes halogenated alkanes) is 15. The van der Waals surface area contributed by atoms with E-state index in [0.29, 0.717) is 19.3 Å². The second-order valence-electron chi connectivity index (χ2n) is 14.5. The van der Waals surface area contributed by atoms with Crippen LogP contribution in [0.4, 0.5) is 0 Å². The fourth-order valence-electron chi connectivity index (χ4n) is 5.56. The molecule has 1 atom stereocenters. The van der Waals surface area contributed by atoms with Crippen molar-refractivity contribution in [1.82, 2.24) is 0 Å². The average molecular weight is 801 g/mol. The van der Waals surface area contributed by atoms with Crippen LogP contribution in [0.15, 0.2) is 122 Å². The van der Waals surface area contributed by atoms with Crippen molar-refractivity contribution in [1.29, 1.82) is 0 Å². The Balaban J connectivity index is 4.54. The number of carbonyl (C=O) groups is 3. The molecule has 0 heterocycles. The van der Waals surface area contributed by atoms with Gasteiger partial charge in [0.25, 0.3) is 0 Å². The van der Waals surface area contributed by atoms with Gasteiger partial charge in [-0.2, -0.15) is 0 Å². The smallest absolute Gasteiger partial charge is 0.306 e. The molecule has 0 aliphatic carbocycles. The second kappa shape index (κ2) is 45.5. The Morgan fingerprint density at radius 3 is 1.17 bits per heavy atom. The minimum absolute atomic E-state index is 0.118. The van der Waals surface area contributed by atoms with Gasteiger partial charge in [0.05, 0.1) is 0 Å². The summed E-state index contributed by atoms with van der Waals surface area (Å²) in [4.78, 5) is 37.7. The maximum Gasteiger partial charge on any atom is 0.306 e. The summed E-state index contributed by atoms with van der Waals surface area (Å²) in [5, 5.41) is 0. The van der Waals surface area contributed by atoms with Gasteiger partial charge in [0.1, 0.15) is 13.2 Å². The first-order valence-corrected chi connectivity index (χ1v) is 22.7. The standard InChI is InChI=1S/C52H80O6/c1-4-7-10-13-16-19-21-23-24-25-26-27-29-30-33-36-39-42-45-51(54)57-48-49(47-56-50(53)44-41-38-35-32-18-15-12-9-6-3)58-52(55)46-43-40-37-34-31-28-22-20-17-14-11-8-5-2/h8,10-11,13-14,16-17,19-28,31,34,37,49H,4-7,9,12,15,18,29-30,32-33,35-36,38-48H2,1-3H3/b11-8-,13-10-,17-14-,19-16-,22-20-,23-21-,25-24-,27-26-,31-28-,37-34-. The third-order valence-corrected chi connectivity index (χ3v) is 8.94. The van der Waals surface area contributed by atoms with Crippen LogP contribution in [0.25, 0.3) is 0 Å².